The zero-order valence-corrected chi connectivity index (χ0v) is 17.8. The van der Waals surface area contributed by atoms with Crippen LogP contribution in [0.2, 0.25) is 0 Å². The molecule has 0 unspecified atom stereocenters. The monoisotopic (exact) mass is 443 g/mol. The van der Waals surface area contributed by atoms with Gasteiger partial charge in [0.1, 0.15) is 17.7 Å². The Hall–Kier alpha value is -3.40. The summed E-state index contributed by atoms with van der Waals surface area (Å²) in [5.41, 5.74) is 2.61. The number of nitrogens with zero attached hydrogens (tertiary/aromatic N) is 4. The smallest absolute Gasteiger partial charge is 0.257 e. The van der Waals surface area contributed by atoms with Crippen molar-refractivity contribution in [3.63, 3.8) is 0 Å². The van der Waals surface area contributed by atoms with E-state index in [4.69, 9.17) is 9.47 Å². The fourth-order valence-corrected chi connectivity index (χ4v) is 3.49. The number of aromatic nitrogens is 4. The number of morpholine rings is 1. The first-order valence-electron chi connectivity index (χ1n) is 10.2. The second kappa shape index (κ2) is 9.39. The van der Waals surface area contributed by atoms with E-state index >= 15 is 0 Å². The van der Waals surface area contributed by atoms with Crippen LogP contribution in [0.25, 0.3) is 0 Å². The number of ether oxygens (including phenoxy) is 2. The van der Waals surface area contributed by atoms with Crippen molar-refractivity contribution in [1.29, 1.82) is 0 Å². The zero-order chi connectivity index (χ0) is 22.7. The maximum atomic E-state index is 13.3. The molecule has 3 aromatic rings. The average Bonchev–Trinajstić information content (AvgIpc) is 3.25. The third-order valence-corrected chi connectivity index (χ3v) is 5.20. The molecule has 32 heavy (non-hydrogen) atoms. The Kier molecular flexibility index (Phi) is 6.40. The number of aromatic amines is 1. The lowest BCUT2D eigenvalue weighted by Gasteiger charge is -2.32. The van der Waals surface area contributed by atoms with E-state index in [-0.39, 0.29) is 24.4 Å². The minimum Gasteiger partial charge on any atom is -0.493 e. The molecule has 1 aliphatic rings. The van der Waals surface area contributed by atoms with Crippen LogP contribution in [0.5, 0.6) is 5.75 Å². The number of nitrogens with one attached hydrogen (secondary N) is 1. The molecule has 1 saturated heterocycles. The fraction of sp³-hybridized carbons (Fsp3) is 0.364. The van der Waals surface area contributed by atoms with Crippen molar-refractivity contribution in [3.8, 4) is 5.75 Å². The molecule has 1 atom stereocenters. The van der Waals surface area contributed by atoms with Gasteiger partial charge in [-0.25, -0.2) is 18.7 Å². The van der Waals surface area contributed by atoms with Gasteiger partial charge in [-0.1, -0.05) is 0 Å². The molecule has 1 N–H and O–H groups in total. The predicted octanol–water partition coefficient (Wildman–Crippen LogP) is 2.93. The molecule has 1 aromatic carbocycles. The van der Waals surface area contributed by atoms with Crippen LogP contribution >= 0.6 is 0 Å². The van der Waals surface area contributed by atoms with E-state index in [1.165, 1.54) is 6.07 Å². The Bertz CT molecular complexity index is 1120. The summed E-state index contributed by atoms with van der Waals surface area (Å²) >= 11 is 0. The number of rotatable bonds is 6. The number of hydrogen-bond acceptors (Lipinski definition) is 6. The molecule has 0 radical (unpaired) electrons. The van der Waals surface area contributed by atoms with Gasteiger partial charge in [0.2, 0.25) is 0 Å². The quantitative estimate of drug-likeness (QED) is 0.630. The van der Waals surface area contributed by atoms with Crippen LogP contribution < -0.4 is 4.74 Å². The summed E-state index contributed by atoms with van der Waals surface area (Å²) < 4.78 is 37.5. The maximum Gasteiger partial charge on any atom is 0.257 e. The van der Waals surface area contributed by atoms with Gasteiger partial charge >= 0.3 is 0 Å². The van der Waals surface area contributed by atoms with Gasteiger partial charge in [-0.2, -0.15) is 5.10 Å². The molecule has 1 fully saturated rings. The highest BCUT2D eigenvalue weighted by Crippen LogP contribution is 2.23. The largest absolute Gasteiger partial charge is 0.493 e. The molecule has 0 saturated carbocycles. The predicted molar refractivity (Wildman–Crippen MR) is 110 cm³/mol. The van der Waals surface area contributed by atoms with E-state index in [1.807, 2.05) is 6.07 Å². The van der Waals surface area contributed by atoms with Crippen molar-refractivity contribution in [3.05, 3.63) is 70.6 Å². The highest BCUT2D eigenvalue weighted by Gasteiger charge is 2.28. The van der Waals surface area contributed by atoms with Crippen LogP contribution in [0.4, 0.5) is 8.78 Å². The standard InChI is InChI=1S/C22H23F2N5O3/c1-13-17(11-25-14(2)26-13)22(30)29-6-8-32-21(12-29)20-9-15(27-28-20)5-7-31-16-3-4-18(23)19(24)10-16/h3-4,9-11,21H,5-8,12H2,1-2H3,(H,27,28)/t21-/m0/s1. The average molecular weight is 443 g/mol. The van der Waals surface area contributed by atoms with E-state index in [0.717, 1.165) is 17.8 Å². The van der Waals surface area contributed by atoms with E-state index < -0.39 is 11.6 Å². The minimum absolute atomic E-state index is 0.133. The van der Waals surface area contributed by atoms with Gasteiger partial charge in [0, 0.05) is 30.9 Å². The van der Waals surface area contributed by atoms with Crippen LogP contribution in [0, 0.1) is 25.5 Å². The molecular formula is C22H23F2N5O3. The lowest BCUT2D eigenvalue weighted by molar-refractivity contribution is -0.0248. The number of carbonyl (C=O) groups excluding carboxylic acids is 1. The summed E-state index contributed by atoms with van der Waals surface area (Å²) in [7, 11) is 0. The summed E-state index contributed by atoms with van der Waals surface area (Å²) in [6, 6.07) is 5.26. The highest BCUT2D eigenvalue weighted by atomic mass is 19.2. The maximum absolute atomic E-state index is 13.3. The van der Waals surface area contributed by atoms with Crippen LogP contribution in [-0.2, 0) is 11.2 Å². The Morgan fingerprint density at radius 2 is 2.12 bits per heavy atom. The molecule has 2 aromatic heterocycles. The molecule has 10 heteroatoms. The lowest BCUT2D eigenvalue weighted by atomic mass is 10.1. The van der Waals surface area contributed by atoms with Crippen LogP contribution in [-0.4, -0.2) is 57.3 Å². The molecule has 0 spiro atoms. The second-order valence-electron chi connectivity index (χ2n) is 7.52. The molecule has 0 bridgehead atoms. The third-order valence-electron chi connectivity index (χ3n) is 5.20. The summed E-state index contributed by atoms with van der Waals surface area (Å²) in [5.74, 6) is -1.13. The summed E-state index contributed by atoms with van der Waals surface area (Å²) in [4.78, 5) is 23.1. The number of amides is 1. The zero-order valence-electron chi connectivity index (χ0n) is 17.8. The Morgan fingerprint density at radius 1 is 1.28 bits per heavy atom. The van der Waals surface area contributed by atoms with Gasteiger partial charge in [0.15, 0.2) is 11.6 Å². The summed E-state index contributed by atoms with van der Waals surface area (Å²) in [6.45, 7) is 5.06. The van der Waals surface area contributed by atoms with Crippen LogP contribution in [0.15, 0.2) is 30.5 Å². The Labute approximate surface area is 183 Å². The molecule has 0 aliphatic carbocycles. The Morgan fingerprint density at radius 3 is 2.91 bits per heavy atom. The highest BCUT2D eigenvalue weighted by molar-refractivity contribution is 5.95. The van der Waals surface area contributed by atoms with Crippen molar-refractivity contribution in [2.24, 2.45) is 0 Å². The van der Waals surface area contributed by atoms with E-state index in [1.54, 1.807) is 24.9 Å². The van der Waals surface area contributed by atoms with Gasteiger partial charge in [0.05, 0.1) is 36.7 Å². The molecule has 168 valence electrons. The first-order chi connectivity index (χ1) is 15.4. The van der Waals surface area contributed by atoms with Gasteiger partial charge in [-0.15, -0.1) is 0 Å². The van der Waals surface area contributed by atoms with Crippen molar-refractivity contribution >= 4 is 5.91 Å². The van der Waals surface area contributed by atoms with Crippen molar-refractivity contribution in [1.82, 2.24) is 25.1 Å². The molecule has 8 nitrogen and oxygen atoms in total. The van der Waals surface area contributed by atoms with Crippen LogP contribution in [0.1, 0.15) is 39.4 Å². The van der Waals surface area contributed by atoms with Crippen molar-refractivity contribution < 1.29 is 23.0 Å². The molecule has 1 amide bonds. The number of hydrogen-bond donors (Lipinski definition) is 1. The fourth-order valence-electron chi connectivity index (χ4n) is 3.49. The second-order valence-corrected chi connectivity index (χ2v) is 7.52. The molecule has 4 rings (SSSR count). The number of benzene rings is 1. The number of aryl methyl sites for hydroxylation is 2. The normalized spacial score (nSPS) is 16.2. The Balaban J connectivity index is 1.35. The SMILES string of the molecule is Cc1ncc(C(=O)N2CCO[C@H](c3cc(CCOc4ccc(F)c(F)c4)[nH]n3)C2)c(C)n1. The molecular weight excluding hydrogens is 420 g/mol. The van der Waals surface area contributed by atoms with Crippen LogP contribution in [0.3, 0.4) is 0 Å². The number of halogens is 2. The van der Waals surface area contributed by atoms with Crippen molar-refractivity contribution in [2.45, 2.75) is 26.4 Å². The molecule has 1 aliphatic heterocycles. The number of carbonyl (C=O) groups is 1. The van der Waals surface area contributed by atoms with Crippen molar-refractivity contribution in [2.75, 3.05) is 26.3 Å². The number of H-pyrrole nitrogens is 1. The van der Waals surface area contributed by atoms with Gasteiger partial charge in [0.25, 0.3) is 5.91 Å². The first-order valence-corrected chi connectivity index (χ1v) is 10.2. The minimum atomic E-state index is -0.952. The van der Waals surface area contributed by atoms with E-state index in [0.29, 0.717) is 48.9 Å². The third kappa shape index (κ3) is 4.91. The topological polar surface area (TPSA) is 93.2 Å². The first kappa shape index (κ1) is 21.8. The lowest BCUT2D eigenvalue weighted by Crippen LogP contribution is -2.42. The summed E-state index contributed by atoms with van der Waals surface area (Å²) in [5, 5.41) is 7.24. The van der Waals surface area contributed by atoms with Gasteiger partial charge in [-0.3, -0.25) is 9.89 Å². The molecule has 3 heterocycles. The summed E-state index contributed by atoms with van der Waals surface area (Å²) in [6.07, 6.45) is 1.68. The van der Waals surface area contributed by atoms with E-state index in [2.05, 4.69) is 20.2 Å². The van der Waals surface area contributed by atoms with E-state index in [9.17, 15) is 13.6 Å². The van der Waals surface area contributed by atoms with Gasteiger partial charge in [-0.05, 0) is 32.0 Å². The van der Waals surface area contributed by atoms with Gasteiger partial charge < -0.3 is 14.4 Å².